The second-order valence-electron chi connectivity index (χ2n) is 9.12. The van der Waals surface area contributed by atoms with Gasteiger partial charge >= 0.3 is 0 Å². The summed E-state index contributed by atoms with van der Waals surface area (Å²) in [5, 5.41) is 3.46. The van der Waals surface area contributed by atoms with E-state index >= 15 is 0 Å². The number of carbonyl (C=O) groups is 2. The van der Waals surface area contributed by atoms with Crippen LogP contribution in [0.25, 0.3) is 0 Å². The third-order valence-electron chi connectivity index (χ3n) is 5.44. The molecule has 0 spiro atoms. The summed E-state index contributed by atoms with van der Waals surface area (Å²) in [5.74, 6) is 0.0912. The van der Waals surface area contributed by atoms with E-state index in [2.05, 4.69) is 48.9 Å². The number of amides is 2. The largest absolute Gasteiger partial charge is 0.483 e. The second kappa shape index (κ2) is 12.4. The van der Waals surface area contributed by atoms with Gasteiger partial charge in [-0.1, -0.05) is 70.0 Å². The van der Waals surface area contributed by atoms with Crippen LogP contribution in [-0.4, -0.2) is 35.9 Å². The first-order valence-electron chi connectivity index (χ1n) is 11.3. The highest BCUT2D eigenvalue weighted by molar-refractivity contribution is 9.10. The molecule has 1 N–H and O–H groups in total. The van der Waals surface area contributed by atoms with Crippen LogP contribution in [0.15, 0.2) is 46.9 Å². The van der Waals surface area contributed by atoms with Crippen molar-refractivity contribution in [1.82, 2.24) is 10.2 Å². The minimum atomic E-state index is -0.666. The topological polar surface area (TPSA) is 58.6 Å². The number of halogens is 2. The lowest BCUT2D eigenvalue weighted by Crippen LogP contribution is -2.49. The quantitative estimate of drug-likeness (QED) is 0.372. The van der Waals surface area contributed by atoms with Gasteiger partial charge in [0.25, 0.3) is 5.91 Å². The van der Waals surface area contributed by atoms with Gasteiger partial charge in [0.1, 0.15) is 11.8 Å². The van der Waals surface area contributed by atoms with E-state index in [1.165, 1.54) is 4.90 Å². The van der Waals surface area contributed by atoms with Crippen molar-refractivity contribution in [3.8, 4) is 5.75 Å². The Kier molecular flexibility index (Phi) is 10.2. The van der Waals surface area contributed by atoms with Crippen LogP contribution in [0.3, 0.4) is 0 Å². The highest BCUT2D eigenvalue weighted by Gasteiger charge is 2.27. The Morgan fingerprint density at radius 2 is 1.88 bits per heavy atom. The molecule has 5 nitrogen and oxygen atoms in total. The van der Waals surface area contributed by atoms with Crippen molar-refractivity contribution in [3.05, 3.63) is 63.1 Å². The van der Waals surface area contributed by atoms with E-state index in [9.17, 15) is 9.59 Å². The van der Waals surface area contributed by atoms with Crippen molar-refractivity contribution in [1.29, 1.82) is 0 Å². The molecule has 0 aliphatic carbocycles. The molecule has 7 heteroatoms. The fourth-order valence-corrected chi connectivity index (χ4v) is 3.92. The number of ether oxygens (including phenoxy) is 1. The Balaban J connectivity index is 2.17. The Hall–Kier alpha value is -2.05. The molecule has 2 aromatic rings. The van der Waals surface area contributed by atoms with Crippen LogP contribution in [-0.2, 0) is 21.5 Å². The zero-order valence-electron chi connectivity index (χ0n) is 20.1. The van der Waals surface area contributed by atoms with E-state index in [0.29, 0.717) is 17.3 Å². The lowest BCUT2D eigenvalue weighted by molar-refractivity contribution is -0.142. The molecule has 0 bridgehead atoms. The SMILES string of the molecule is CCCCNC(=O)[C@H](C)N(Cc1ccccc1Cl)C(=O)COc1ccc(C(C)(C)C)cc1Br. The average molecular weight is 538 g/mol. The van der Waals surface area contributed by atoms with Crippen molar-refractivity contribution in [2.75, 3.05) is 13.2 Å². The Morgan fingerprint density at radius 3 is 2.48 bits per heavy atom. The number of hydrogen-bond acceptors (Lipinski definition) is 3. The summed E-state index contributed by atoms with van der Waals surface area (Å²) < 4.78 is 6.62. The number of unbranched alkanes of at least 4 members (excludes halogenated alkanes) is 1. The zero-order chi connectivity index (χ0) is 24.6. The minimum Gasteiger partial charge on any atom is -0.483 e. The van der Waals surface area contributed by atoms with Crippen LogP contribution in [0.1, 0.15) is 58.6 Å². The van der Waals surface area contributed by atoms with Gasteiger partial charge in [-0.15, -0.1) is 0 Å². The van der Waals surface area contributed by atoms with E-state index in [1.54, 1.807) is 13.0 Å². The highest BCUT2D eigenvalue weighted by Crippen LogP contribution is 2.31. The van der Waals surface area contributed by atoms with Crippen molar-refractivity contribution in [2.45, 2.75) is 65.5 Å². The average Bonchev–Trinajstić information content (AvgIpc) is 2.76. The molecule has 0 heterocycles. The lowest BCUT2D eigenvalue weighted by Gasteiger charge is -2.29. The van der Waals surface area contributed by atoms with Gasteiger partial charge in [-0.05, 0) is 64.0 Å². The number of hydrogen-bond donors (Lipinski definition) is 1. The summed E-state index contributed by atoms with van der Waals surface area (Å²) in [6.07, 6.45) is 1.87. The molecule has 33 heavy (non-hydrogen) atoms. The van der Waals surface area contributed by atoms with Crippen molar-refractivity contribution in [3.63, 3.8) is 0 Å². The maximum atomic E-state index is 13.2. The van der Waals surface area contributed by atoms with E-state index in [0.717, 1.165) is 28.4 Å². The van der Waals surface area contributed by atoms with Gasteiger partial charge in [-0.25, -0.2) is 0 Å². The first-order chi connectivity index (χ1) is 15.5. The predicted molar refractivity (Wildman–Crippen MR) is 138 cm³/mol. The molecule has 0 fully saturated rings. The van der Waals surface area contributed by atoms with Crippen LogP contribution in [0.2, 0.25) is 5.02 Å². The summed E-state index contributed by atoms with van der Waals surface area (Å²) in [5.41, 5.74) is 1.94. The molecule has 0 radical (unpaired) electrons. The van der Waals surface area contributed by atoms with Gasteiger partial charge in [0.05, 0.1) is 4.47 Å². The fourth-order valence-electron chi connectivity index (χ4n) is 3.24. The molecule has 0 saturated carbocycles. The molecule has 2 rings (SSSR count). The zero-order valence-corrected chi connectivity index (χ0v) is 22.4. The van der Waals surface area contributed by atoms with Gasteiger partial charge in [-0.2, -0.15) is 0 Å². The summed E-state index contributed by atoms with van der Waals surface area (Å²) in [6.45, 7) is 10.8. The first-order valence-corrected chi connectivity index (χ1v) is 12.4. The van der Waals surface area contributed by atoms with E-state index < -0.39 is 6.04 Å². The molecule has 2 aromatic carbocycles. The van der Waals surface area contributed by atoms with Crippen LogP contribution in [0, 0.1) is 0 Å². The highest BCUT2D eigenvalue weighted by atomic mass is 79.9. The number of carbonyl (C=O) groups excluding carboxylic acids is 2. The fraction of sp³-hybridized carbons (Fsp3) is 0.462. The number of nitrogens with one attached hydrogen (secondary N) is 1. The summed E-state index contributed by atoms with van der Waals surface area (Å²) in [6, 6.07) is 12.5. The Morgan fingerprint density at radius 1 is 1.18 bits per heavy atom. The van der Waals surface area contributed by atoms with Crippen molar-refractivity contribution >= 4 is 39.3 Å². The van der Waals surface area contributed by atoms with E-state index in [4.69, 9.17) is 16.3 Å². The lowest BCUT2D eigenvalue weighted by atomic mass is 9.87. The van der Waals surface area contributed by atoms with Gasteiger partial charge in [0.2, 0.25) is 5.91 Å². The molecule has 0 aliphatic rings. The van der Waals surface area contributed by atoms with Crippen LogP contribution < -0.4 is 10.1 Å². The predicted octanol–water partition coefficient (Wildman–Crippen LogP) is 6.11. The number of nitrogens with zero attached hydrogens (tertiary/aromatic N) is 1. The maximum Gasteiger partial charge on any atom is 0.261 e. The second-order valence-corrected chi connectivity index (χ2v) is 10.4. The molecule has 0 saturated heterocycles. The van der Waals surface area contributed by atoms with Gasteiger partial charge in [0.15, 0.2) is 6.61 Å². The Labute approximate surface area is 211 Å². The molecular weight excluding hydrogens is 504 g/mol. The molecule has 0 unspecified atom stereocenters. The van der Waals surface area contributed by atoms with Crippen LogP contribution >= 0.6 is 27.5 Å². The van der Waals surface area contributed by atoms with Gasteiger partial charge in [-0.3, -0.25) is 9.59 Å². The van der Waals surface area contributed by atoms with Gasteiger partial charge < -0.3 is 15.0 Å². The summed E-state index contributed by atoms with van der Waals surface area (Å²) in [7, 11) is 0. The minimum absolute atomic E-state index is 0.00316. The van der Waals surface area contributed by atoms with Gasteiger partial charge in [0, 0.05) is 18.1 Å². The maximum absolute atomic E-state index is 13.2. The van der Waals surface area contributed by atoms with Crippen molar-refractivity contribution in [2.24, 2.45) is 0 Å². The normalized spacial score (nSPS) is 12.2. The molecular formula is C26H34BrClN2O3. The first kappa shape index (κ1) is 27.2. The smallest absolute Gasteiger partial charge is 0.261 e. The Bertz CT molecular complexity index is 959. The third-order valence-corrected chi connectivity index (χ3v) is 6.43. The van der Waals surface area contributed by atoms with E-state index in [1.807, 2.05) is 36.4 Å². The molecule has 1 atom stereocenters. The van der Waals surface area contributed by atoms with Crippen LogP contribution in [0.5, 0.6) is 5.75 Å². The summed E-state index contributed by atoms with van der Waals surface area (Å²) in [4.78, 5) is 27.4. The number of rotatable bonds is 10. The van der Waals surface area contributed by atoms with E-state index in [-0.39, 0.29) is 30.4 Å². The monoisotopic (exact) mass is 536 g/mol. The molecule has 0 aromatic heterocycles. The van der Waals surface area contributed by atoms with Crippen LogP contribution in [0.4, 0.5) is 0 Å². The summed E-state index contributed by atoms with van der Waals surface area (Å²) >= 11 is 9.88. The third kappa shape index (κ3) is 8.04. The van der Waals surface area contributed by atoms with Crippen molar-refractivity contribution < 1.29 is 14.3 Å². The standard InChI is InChI=1S/C26H34BrClN2O3/c1-6-7-14-29-25(32)18(2)30(16-19-10-8-9-11-22(19)28)24(31)17-33-23-13-12-20(15-21(23)27)26(3,4)5/h8-13,15,18H,6-7,14,16-17H2,1-5H3,(H,29,32)/t18-/m0/s1. The molecule has 0 aliphatic heterocycles. The molecule has 180 valence electrons. The number of benzene rings is 2. The molecule has 2 amide bonds.